The van der Waals surface area contributed by atoms with E-state index in [4.69, 9.17) is 0 Å². The molecule has 1 aromatic rings. The Kier molecular flexibility index (Phi) is 5.41. The highest BCUT2D eigenvalue weighted by atomic mass is 32.2. The Hall–Kier alpha value is -1.03. The average Bonchev–Trinajstić information content (AvgIpc) is 2.27. The fourth-order valence-corrected chi connectivity index (χ4v) is 2.84. The molecule has 0 atom stereocenters. The smallest absolute Gasteiger partial charge is 0.215 e. The first-order valence-corrected chi connectivity index (χ1v) is 8.78. The van der Waals surface area contributed by atoms with Crippen molar-refractivity contribution in [3.63, 3.8) is 0 Å². The van der Waals surface area contributed by atoms with Crippen LogP contribution in [-0.4, -0.2) is 36.2 Å². The first-order valence-electron chi connectivity index (χ1n) is 5.40. The highest BCUT2D eigenvalue weighted by Gasteiger charge is 2.12. The van der Waals surface area contributed by atoms with Crippen molar-refractivity contribution in [3.8, 4) is 0 Å². The topological polar surface area (TPSA) is 92.3 Å². The summed E-state index contributed by atoms with van der Waals surface area (Å²) in [7, 11) is -6.95. The van der Waals surface area contributed by atoms with Gasteiger partial charge in [0.2, 0.25) is 20.0 Å². The minimum atomic E-state index is -3.69. The van der Waals surface area contributed by atoms with Crippen molar-refractivity contribution in [1.82, 2.24) is 9.44 Å². The molecule has 0 bridgehead atoms. The van der Waals surface area contributed by atoms with Crippen LogP contribution in [0.5, 0.6) is 0 Å². The summed E-state index contributed by atoms with van der Waals surface area (Å²) >= 11 is 0. The second kappa shape index (κ2) is 6.42. The molecular formula is C10H15FN2O4S2. The molecule has 6 nitrogen and oxygen atoms in total. The van der Waals surface area contributed by atoms with Crippen molar-refractivity contribution < 1.29 is 21.2 Å². The van der Waals surface area contributed by atoms with Crippen molar-refractivity contribution in [2.24, 2.45) is 0 Å². The molecule has 0 aliphatic carbocycles. The molecule has 0 heterocycles. The number of benzene rings is 1. The van der Waals surface area contributed by atoms with Gasteiger partial charge in [-0.3, -0.25) is 0 Å². The number of sulfonamides is 2. The van der Waals surface area contributed by atoms with E-state index >= 15 is 0 Å². The van der Waals surface area contributed by atoms with Gasteiger partial charge in [0, 0.05) is 13.1 Å². The highest BCUT2D eigenvalue weighted by molar-refractivity contribution is 7.89. The molecule has 0 aromatic heterocycles. The van der Waals surface area contributed by atoms with E-state index in [0.29, 0.717) is 6.42 Å². The summed E-state index contributed by atoms with van der Waals surface area (Å²) in [6.07, 6.45) is 1.34. The van der Waals surface area contributed by atoms with Gasteiger partial charge in [0.25, 0.3) is 0 Å². The molecule has 0 amide bonds. The van der Waals surface area contributed by atoms with Gasteiger partial charge in [0.05, 0.1) is 11.2 Å². The summed E-state index contributed by atoms with van der Waals surface area (Å²) in [5.74, 6) is -0.517. The van der Waals surface area contributed by atoms with Gasteiger partial charge in [-0.1, -0.05) is 0 Å². The zero-order valence-corrected chi connectivity index (χ0v) is 11.9. The van der Waals surface area contributed by atoms with Crippen LogP contribution in [0.2, 0.25) is 0 Å². The Labute approximate surface area is 112 Å². The number of hydrogen-bond acceptors (Lipinski definition) is 4. The van der Waals surface area contributed by atoms with Crippen LogP contribution in [0.25, 0.3) is 0 Å². The molecule has 0 fully saturated rings. The molecule has 2 N–H and O–H groups in total. The zero-order chi connectivity index (χ0) is 14.5. The molecule has 19 heavy (non-hydrogen) atoms. The largest absolute Gasteiger partial charge is 0.240 e. The normalized spacial score (nSPS) is 12.5. The van der Waals surface area contributed by atoms with Gasteiger partial charge in [0.1, 0.15) is 5.82 Å². The Morgan fingerprint density at radius 1 is 1.00 bits per heavy atom. The molecule has 108 valence electrons. The Morgan fingerprint density at radius 3 is 2.05 bits per heavy atom. The lowest BCUT2D eigenvalue weighted by Gasteiger charge is -2.06. The van der Waals surface area contributed by atoms with E-state index in [-0.39, 0.29) is 18.0 Å². The van der Waals surface area contributed by atoms with Crippen LogP contribution in [0.3, 0.4) is 0 Å². The van der Waals surface area contributed by atoms with Crippen molar-refractivity contribution in [3.05, 3.63) is 30.1 Å². The molecule has 0 radical (unpaired) electrons. The molecule has 0 saturated carbocycles. The lowest BCUT2D eigenvalue weighted by molar-refractivity contribution is 0.574. The van der Waals surface area contributed by atoms with Crippen molar-refractivity contribution in [2.45, 2.75) is 11.3 Å². The van der Waals surface area contributed by atoms with Gasteiger partial charge in [-0.05, 0) is 30.7 Å². The molecule has 1 aromatic carbocycles. The van der Waals surface area contributed by atoms with E-state index in [1.165, 1.54) is 0 Å². The van der Waals surface area contributed by atoms with Crippen molar-refractivity contribution >= 4 is 20.0 Å². The van der Waals surface area contributed by atoms with Gasteiger partial charge in [0.15, 0.2) is 0 Å². The maximum atomic E-state index is 12.7. The van der Waals surface area contributed by atoms with Crippen LogP contribution in [-0.2, 0) is 20.0 Å². The summed E-state index contributed by atoms with van der Waals surface area (Å²) in [6, 6.07) is 4.43. The van der Waals surface area contributed by atoms with Crippen LogP contribution >= 0.6 is 0 Å². The monoisotopic (exact) mass is 310 g/mol. The standard InChI is InChI=1S/C10H15FN2O4S2/c1-18(14,15)12-7-2-8-13-19(16,17)10-5-3-9(11)4-6-10/h3-6,12-13H,2,7-8H2,1H3. The lowest BCUT2D eigenvalue weighted by atomic mass is 10.4. The molecule has 0 saturated heterocycles. The maximum absolute atomic E-state index is 12.7. The summed E-state index contributed by atoms with van der Waals surface area (Å²) < 4.78 is 62.2. The predicted octanol–water partition coefficient (Wildman–Crippen LogP) is 0.0433. The van der Waals surface area contributed by atoms with Gasteiger partial charge < -0.3 is 0 Å². The van der Waals surface area contributed by atoms with E-state index in [2.05, 4.69) is 9.44 Å². The fraction of sp³-hybridized carbons (Fsp3) is 0.400. The minimum absolute atomic E-state index is 0.0371. The van der Waals surface area contributed by atoms with Crippen LogP contribution < -0.4 is 9.44 Å². The summed E-state index contributed by atoms with van der Waals surface area (Å²) in [6.45, 7) is 0.229. The SMILES string of the molecule is CS(=O)(=O)NCCCNS(=O)(=O)c1ccc(F)cc1. The van der Waals surface area contributed by atoms with E-state index in [0.717, 1.165) is 30.5 Å². The Balaban J connectivity index is 2.46. The summed E-state index contributed by atoms with van der Waals surface area (Å²) in [4.78, 5) is -0.0371. The van der Waals surface area contributed by atoms with Gasteiger partial charge in [-0.2, -0.15) is 0 Å². The number of hydrogen-bond donors (Lipinski definition) is 2. The van der Waals surface area contributed by atoms with Crippen LogP contribution in [0.15, 0.2) is 29.2 Å². The molecule has 9 heteroatoms. The average molecular weight is 310 g/mol. The second-order valence-electron chi connectivity index (χ2n) is 3.87. The molecule has 0 aliphatic heterocycles. The highest BCUT2D eigenvalue weighted by Crippen LogP contribution is 2.09. The van der Waals surface area contributed by atoms with E-state index in [9.17, 15) is 21.2 Å². The third-order valence-corrected chi connectivity index (χ3v) is 4.34. The van der Waals surface area contributed by atoms with E-state index in [1.54, 1.807) is 0 Å². The zero-order valence-electron chi connectivity index (χ0n) is 10.3. The van der Waals surface area contributed by atoms with E-state index in [1.807, 2.05) is 0 Å². The Bertz CT molecular complexity index is 611. The molecule has 1 rings (SSSR count). The second-order valence-corrected chi connectivity index (χ2v) is 7.47. The maximum Gasteiger partial charge on any atom is 0.240 e. The molecular weight excluding hydrogens is 295 g/mol. The Morgan fingerprint density at radius 2 is 1.53 bits per heavy atom. The molecule has 0 aliphatic rings. The van der Waals surface area contributed by atoms with Crippen LogP contribution in [0, 0.1) is 5.82 Å². The minimum Gasteiger partial charge on any atom is -0.215 e. The quantitative estimate of drug-likeness (QED) is 0.696. The molecule has 0 unspecified atom stereocenters. The predicted molar refractivity (Wildman–Crippen MR) is 69.1 cm³/mol. The van der Waals surface area contributed by atoms with Crippen molar-refractivity contribution in [1.29, 1.82) is 0 Å². The van der Waals surface area contributed by atoms with Crippen molar-refractivity contribution in [2.75, 3.05) is 19.3 Å². The lowest BCUT2D eigenvalue weighted by Crippen LogP contribution is -2.29. The third kappa shape index (κ3) is 6.10. The molecule has 0 spiro atoms. The first kappa shape index (κ1) is 16.0. The van der Waals surface area contributed by atoms with Crippen LogP contribution in [0.1, 0.15) is 6.42 Å². The van der Waals surface area contributed by atoms with Gasteiger partial charge in [-0.25, -0.2) is 30.7 Å². The summed E-state index contributed by atoms with van der Waals surface area (Å²) in [5, 5.41) is 0. The first-order chi connectivity index (χ1) is 8.71. The van der Waals surface area contributed by atoms with Gasteiger partial charge >= 0.3 is 0 Å². The number of nitrogens with one attached hydrogen (secondary N) is 2. The summed E-state index contributed by atoms with van der Waals surface area (Å²) in [5.41, 5.74) is 0. The number of rotatable bonds is 7. The van der Waals surface area contributed by atoms with Crippen LogP contribution in [0.4, 0.5) is 4.39 Å². The fourth-order valence-electron chi connectivity index (χ4n) is 1.25. The third-order valence-electron chi connectivity index (χ3n) is 2.13. The van der Waals surface area contributed by atoms with Gasteiger partial charge in [-0.15, -0.1) is 0 Å². The van der Waals surface area contributed by atoms with E-state index < -0.39 is 25.9 Å². The number of halogens is 1.